The maximum Gasteiger partial charge on any atom is 0.329 e. The molecule has 1 aromatic heterocycles. The van der Waals surface area contributed by atoms with Crippen molar-refractivity contribution in [2.75, 3.05) is 0 Å². The van der Waals surface area contributed by atoms with E-state index in [1.54, 1.807) is 11.8 Å². The number of amides is 1. The van der Waals surface area contributed by atoms with Crippen LogP contribution in [0.1, 0.15) is 42.9 Å². The van der Waals surface area contributed by atoms with Crippen molar-refractivity contribution in [3.8, 4) is 0 Å². The van der Waals surface area contributed by atoms with Crippen LogP contribution in [-0.4, -0.2) is 28.4 Å². The summed E-state index contributed by atoms with van der Waals surface area (Å²) in [6, 6.07) is 1.24. The van der Waals surface area contributed by atoms with Crippen molar-refractivity contribution in [1.82, 2.24) is 4.90 Å². The van der Waals surface area contributed by atoms with Gasteiger partial charge >= 0.3 is 5.97 Å². The Balaban J connectivity index is 2.11. The number of carbonyl (C=O) groups excluding carboxylic acids is 2. The molecule has 0 saturated heterocycles. The van der Waals surface area contributed by atoms with Crippen molar-refractivity contribution in [2.45, 2.75) is 45.9 Å². The molecule has 0 spiro atoms. The molecule has 1 aromatic rings. The largest absolute Gasteiger partial charge is 0.458 e. The number of hydrogen-bond donors (Lipinski definition) is 0. The van der Waals surface area contributed by atoms with Gasteiger partial charge in [0.25, 0.3) is 5.91 Å². The topological polar surface area (TPSA) is 46.6 Å². The molecule has 1 aliphatic heterocycles. The monoisotopic (exact) mass is 345 g/mol. The zero-order valence-electron chi connectivity index (χ0n) is 11.3. The fourth-order valence-corrected chi connectivity index (χ4v) is 3.59. The normalized spacial score (nSPS) is 16.5. The fourth-order valence-electron chi connectivity index (χ4n) is 1.90. The van der Waals surface area contributed by atoms with Crippen LogP contribution < -0.4 is 0 Å². The van der Waals surface area contributed by atoms with Gasteiger partial charge in [0, 0.05) is 4.88 Å². The zero-order valence-corrected chi connectivity index (χ0v) is 13.7. The van der Waals surface area contributed by atoms with Crippen LogP contribution in [0.3, 0.4) is 0 Å². The predicted molar refractivity (Wildman–Crippen MR) is 77.2 cm³/mol. The summed E-state index contributed by atoms with van der Waals surface area (Å²) in [6.07, 6.45) is 0. The number of esters is 1. The minimum atomic E-state index is -0.565. The lowest BCUT2D eigenvalue weighted by Gasteiger charge is -2.27. The first kappa shape index (κ1) is 14.5. The predicted octanol–water partition coefficient (Wildman–Crippen LogP) is 3.20. The molecule has 0 bridgehead atoms. The van der Waals surface area contributed by atoms with E-state index in [0.717, 1.165) is 8.66 Å². The molecule has 0 fully saturated rings. The van der Waals surface area contributed by atoms with E-state index in [-0.39, 0.29) is 11.9 Å². The molecule has 4 nitrogen and oxygen atoms in total. The number of rotatable bonds is 2. The Morgan fingerprint density at radius 3 is 2.68 bits per heavy atom. The highest BCUT2D eigenvalue weighted by molar-refractivity contribution is 9.11. The summed E-state index contributed by atoms with van der Waals surface area (Å²) in [5.74, 6) is -0.467. The summed E-state index contributed by atoms with van der Waals surface area (Å²) in [4.78, 5) is 26.8. The number of ether oxygens (including phenoxy) is 1. The molecule has 2 rings (SSSR count). The maximum atomic E-state index is 12.2. The van der Waals surface area contributed by atoms with E-state index < -0.39 is 11.6 Å². The number of hydrogen-bond acceptors (Lipinski definition) is 4. The van der Waals surface area contributed by atoms with Crippen molar-refractivity contribution in [1.29, 1.82) is 0 Å². The van der Waals surface area contributed by atoms with Crippen LogP contribution in [0.5, 0.6) is 0 Å². The summed E-state index contributed by atoms with van der Waals surface area (Å²) in [7, 11) is 0. The van der Waals surface area contributed by atoms with Crippen molar-refractivity contribution < 1.29 is 14.3 Å². The third-order valence-electron chi connectivity index (χ3n) is 2.80. The number of carbonyl (C=O) groups is 2. The first-order valence-electron chi connectivity index (χ1n) is 6.01. The molecule has 0 N–H and O–H groups in total. The Morgan fingerprint density at radius 1 is 1.53 bits per heavy atom. The first-order valence-corrected chi connectivity index (χ1v) is 7.62. The smallest absolute Gasteiger partial charge is 0.329 e. The van der Waals surface area contributed by atoms with E-state index in [9.17, 15) is 9.59 Å². The molecule has 1 atom stereocenters. The van der Waals surface area contributed by atoms with Gasteiger partial charge in [0.15, 0.2) is 0 Å². The summed E-state index contributed by atoms with van der Waals surface area (Å²) >= 11 is 4.90. The molecule has 2 heterocycles. The molecule has 0 aliphatic carbocycles. The van der Waals surface area contributed by atoms with Crippen molar-refractivity contribution in [3.05, 3.63) is 20.3 Å². The van der Waals surface area contributed by atoms with E-state index >= 15 is 0 Å². The van der Waals surface area contributed by atoms with Crippen LogP contribution in [0, 0.1) is 0 Å². The molecular weight excluding hydrogens is 330 g/mol. The molecule has 0 saturated carbocycles. The Kier molecular flexibility index (Phi) is 3.75. The zero-order chi connectivity index (χ0) is 14.4. The van der Waals surface area contributed by atoms with Crippen molar-refractivity contribution in [3.63, 3.8) is 0 Å². The molecule has 6 heteroatoms. The van der Waals surface area contributed by atoms with E-state index in [1.165, 1.54) is 11.3 Å². The van der Waals surface area contributed by atoms with Crippen LogP contribution in [-0.2, 0) is 16.1 Å². The lowest BCUT2D eigenvalue weighted by Crippen LogP contribution is -2.42. The lowest BCUT2D eigenvalue weighted by atomic mass is 10.2. The molecule has 0 radical (unpaired) electrons. The van der Waals surface area contributed by atoms with Crippen molar-refractivity contribution in [2.24, 2.45) is 0 Å². The van der Waals surface area contributed by atoms with Gasteiger partial charge in [-0.25, -0.2) is 4.79 Å². The highest BCUT2D eigenvalue weighted by Gasteiger charge is 2.37. The van der Waals surface area contributed by atoms with Crippen LogP contribution in [0.15, 0.2) is 9.85 Å². The third kappa shape index (κ3) is 3.00. The van der Waals surface area contributed by atoms with Crippen LogP contribution in [0.4, 0.5) is 0 Å². The van der Waals surface area contributed by atoms with Gasteiger partial charge in [0.05, 0.1) is 15.9 Å². The standard InChI is InChI=1S/C13H16BrNO3S/c1-7(12(17)18-13(2,3)4)15-6-9-8(11(15)16)5-10(14)19-9/h5,7H,6H2,1-4H3/t7-/m1/s1. The van der Waals surface area contributed by atoms with E-state index in [1.807, 2.05) is 26.8 Å². The van der Waals surface area contributed by atoms with Crippen molar-refractivity contribution >= 4 is 39.1 Å². The molecule has 0 unspecified atom stereocenters. The molecule has 1 aliphatic rings. The minimum Gasteiger partial charge on any atom is -0.458 e. The average Bonchev–Trinajstić information content (AvgIpc) is 2.74. The number of halogens is 1. The van der Waals surface area contributed by atoms with Gasteiger partial charge in [-0.1, -0.05) is 0 Å². The fraction of sp³-hybridized carbons (Fsp3) is 0.538. The minimum absolute atomic E-state index is 0.102. The Bertz CT molecular complexity index is 532. The number of fused-ring (bicyclic) bond motifs is 1. The second-order valence-electron chi connectivity index (χ2n) is 5.53. The van der Waals surface area contributed by atoms with Crippen LogP contribution in [0.2, 0.25) is 0 Å². The lowest BCUT2D eigenvalue weighted by molar-refractivity contribution is -0.159. The Morgan fingerprint density at radius 2 is 2.16 bits per heavy atom. The highest BCUT2D eigenvalue weighted by Crippen LogP contribution is 2.35. The summed E-state index contributed by atoms with van der Waals surface area (Å²) < 4.78 is 6.26. The molecule has 0 aromatic carbocycles. The third-order valence-corrected chi connectivity index (χ3v) is 4.42. The highest BCUT2D eigenvalue weighted by atomic mass is 79.9. The molecular formula is C13H16BrNO3S. The molecule has 19 heavy (non-hydrogen) atoms. The van der Waals surface area contributed by atoms with Gasteiger partial charge in [-0.05, 0) is 49.7 Å². The van der Waals surface area contributed by atoms with E-state index in [4.69, 9.17) is 4.74 Å². The quantitative estimate of drug-likeness (QED) is 0.773. The second-order valence-corrected chi connectivity index (χ2v) is 8.05. The van der Waals surface area contributed by atoms with E-state index in [0.29, 0.717) is 12.1 Å². The summed E-state index contributed by atoms with van der Waals surface area (Å²) in [6.45, 7) is 7.63. The number of nitrogens with zero attached hydrogens (tertiary/aromatic N) is 1. The number of thiophene rings is 1. The Labute approximate surface area is 124 Å². The summed E-state index contributed by atoms with van der Waals surface area (Å²) in [5, 5.41) is 0. The molecule has 1 amide bonds. The summed E-state index contributed by atoms with van der Waals surface area (Å²) in [5.41, 5.74) is 0.148. The van der Waals surface area contributed by atoms with Gasteiger partial charge in [0.2, 0.25) is 0 Å². The SMILES string of the molecule is C[C@H](C(=O)OC(C)(C)C)N1Cc2sc(Br)cc2C1=O. The second kappa shape index (κ2) is 4.90. The molecule has 104 valence electrons. The van der Waals surface area contributed by atoms with Gasteiger partial charge in [-0.3, -0.25) is 4.79 Å². The Hall–Kier alpha value is -0.880. The maximum absolute atomic E-state index is 12.2. The van der Waals surface area contributed by atoms with Crippen LogP contribution >= 0.6 is 27.3 Å². The average molecular weight is 346 g/mol. The van der Waals surface area contributed by atoms with Gasteiger partial charge in [0.1, 0.15) is 11.6 Å². The van der Waals surface area contributed by atoms with E-state index in [2.05, 4.69) is 15.9 Å². The van der Waals surface area contributed by atoms with Gasteiger partial charge < -0.3 is 9.64 Å². The first-order chi connectivity index (χ1) is 8.69. The van der Waals surface area contributed by atoms with Crippen LogP contribution in [0.25, 0.3) is 0 Å². The van der Waals surface area contributed by atoms with Gasteiger partial charge in [-0.2, -0.15) is 0 Å². The van der Waals surface area contributed by atoms with Gasteiger partial charge in [-0.15, -0.1) is 11.3 Å².